The molecular formula is C24H42O8. The summed E-state index contributed by atoms with van der Waals surface area (Å²) in [5, 5.41) is 0. The second-order valence-electron chi connectivity index (χ2n) is 7.84. The van der Waals surface area contributed by atoms with Gasteiger partial charge in [-0.3, -0.25) is 19.2 Å². The van der Waals surface area contributed by atoms with Gasteiger partial charge in [0.25, 0.3) is 0 Å². The van der Waals surface area contributed by atoms with Crippen LogP contribution in [0.15, 0.2) is 0 Å². The molecule has 32 heavy (non-hydrogen) atoms. The molecule has 0 rings (SSSR count). The van der Waals surface area contributed by atoms with Gasteiger partial charge in [0.15, 0.2) is 0 Å². The first-order valence-corrected chi connectivity index (χ1v) is 12.1. The van der Waals surface area contributed by atoms with Crippen LogP contribution >= 0.6 is 0 Å². The van der Waals surface area contributed by atoms with Crippen LogP contribution in [0.2, 0.25) is 0 Å². The molecular weight excluding hydrogens is 416 g/mol. The van der Waals surface area contributed by atoms with Crippen LogP contribution in [0.4, 0.5) is 0 Å². The van der Waals surface area contributed by atoms with Gasteiger partial charge in [-0.15, -0.1) is 0 Å². The summed E-state index contributed by atoms with van der Waals surface area (Å²) in [4.78, 5) is 46.0. The van der Waals surface area contributed by atoms with Crippen LogP contribution in [0, 0.1) is 0 Å². The van der Waals surface area contributed by atoms with E-state index in [2.05, 4.69) is 13.8 Å². The van der Waals surface area contributed by atoms with Gasteiger partial charge in [-0.1, -0.05) is 65.2 Å². The molecule has 0 aliphatic rings. The topological polar surface area (TPSA) is 105 Å². The Morgan fingerprint density at radius 2 is 0.656 bits per heavy atom. The normalized spacial score (nSPS) is 10.4. The minimum absolute atomic E-state index is 0.302. The minimum Gasteiger partial charge on any atom is -0.428 e. The predicted octanol–water partition coefficient (Wildman–Crippen LogP) is 5.36. The third kappa shape index (κ3) is 21.1. The van der Waals surface area contributed by atoms with Gasteiger partial charge in [0, 0.05) is 25.7 Å². The molecule has 0 spiro atoms. The molecule has 0 aliphatic heterocycles. The molecule has 0 aromatic rings. The van der Waals surface area contributed by atoms with Gasteiger partial charge in [0.1, 0.15) is 0 Å². The molecule has 0 aromatic heterocycles. The number of ether oxygens (including phenoxy) is 4. The maximum Gasteiger partial charge on any atom is 0.308 e. The minimum atomic E-state index is -0.361. The summed E-state index contributed by atoms with van der Waals surface area (Å²) in [6.07, 6.45) is 12.1. The molecule has 8 nitrogen and oxygen atoms in total. The van der Waals surface area contributed by atoms with Crippen molar-refractivity contribution in [3.8, 4) is 0 Å². The molecule has 0 fully saturated rings. The number of hydrogen-bond donors (Lipinski definition) is 0. The lowest BCUT2D eigenvalue weighted by molar-refractivity contribution is -0.169. The lowest BCUT2D eigenvalue weighted by Crippen LogP contribution is -2.12. The lowest BCUT2D eigenvalue weighted by Gasteiger charge is -2.07. The number of hydrogen-bond acceptors (Lipinski definition) is 8. The molecule has 0 saturated carbocycles. The van der Waals surface area contributed by atoms with E-state index in [-0.39, 0.29) is 37.5 Å². The zero-order valence-electron chi connectivity index (χ0n) is 20.0. The smallest absolute Gasteiger partial charge is 0.308 e. The third-order valence-corrected chi connectivity index (χ3v) is 4.86. The summed E-state index contributed by atoms with van der Waals surface area (Å²) >= 11 is 0. The van der Waals surface area contributed by atoms with Crippen molar-refractivity contribution < 1.29 is 38.1 Å². The summed E-state index contributed by atoms with van der Waals surface area (Å²) in [5.74, 6) is -1.39. The van der Waals surface area contributed by atoms with E-state index in [4.69, 9.17) is 18.9 Å². The molecule has 0 N–H and O–H groups in total. The Balaban J connectivity index is 3.43. The van der Waals surface area contributed by atoms with E-state index in [1.807, 2.05) is 0 Å². The number of rotatable bonds is 21. The fraction of sp³-hybridized carbons (Fsp3) is 0.833. The van der Waals surface area contributed by atoms with Crippen LogP contribution in [0.25, 0.3) is 0 Å². The van der Waals surface area contributed by atoms with Crippen molar-refractivity contribution in [1.82, 2.24) is 0 Å². The van der Waals surface area contributed by atoms with E-state index in [1.54, 1.807) is 0 Å². The molecule has 0 saturated heterocycles. The van der Waals surface area contributed by atoms with Crippen molar-refractivity contribution in [3.63, 3.8) is 0 Å². The van der Waals surface area contributed by atoms with Crippen LogP contribution < -0.4 is 0 Å². The highest BCUT2D eigenvalue weighted by molar-refractivity contribution is 5.71. The van der Waals surface area contributed by atoms with E-state index >= 15 is 0 Å². The molecule has 0 radical (unpaired) electrons. The summed E-state index contributed by atoms with van der Waals surface area (Å²) in [7, 11) is 0. The Labute approximate surface area is 192 Å². The molecule has 0 aliphatic carbocycles. The summed E-state index contributed by atoms with van der Waals surface area (Å²) in [5.41, 5.74) is 0. The Bertz CT molecular complexity index is 472. The first kappa shape index (κ1) is 29.9. The zero-order chi connectivity index (χ0) is 23.9. The highest BCUT2D eigenvalue weighted by Gasteiger charge is 2.07. The first-order valence-electron chi connectivity index (χ1n) is 12.1. The van der Waals surface area contributed by atoms with E-state index in [1.165, 1.54) is 0 Å². The Morgan fingerprint density at radius 1 is 0.406 bits per heavy atom. The quantitative estimate of drug-likeness (QED) is 0.129. The maximum absolute atomic E-state index is 11.6. The predicted molar refractivity (Wildman–Crippen MR) is 119 cm³/mol. The van der Waals surface area contributed by atoms with E-state index in [9.17, 15) is 19.2 Å². The van der Waals surface area contributed by atoms with Gasteiger partial charge in [-0.05, 0) is 25.7 Å². The zero-order valence-corrected chi connectivity index (χ0v) is 20.0. The van der Waals surface area contributed by atoms with Gasteiger partial charge >= 0.3 is 23.9 Å². The summed E-state index contributed by atoms with van der Waals surface area (Å²) < 4.78 is 19.5. The fourth-order valence-electron chi connectivity index (χ4n) is 2.89. The van der Waals surface area contributed by atoms with E-state index < -0.39 is 0 Å². The second-order valence-corrected chi connectivity index (χ2v) is 7.84. The summed E-state index contributed by atoms with van der Waals surface area (Å²) in [6, 6.07) is 0. The van der Waals surface area contributed by atoms with Crippen molar-refractivity contribution in [1.29, 1.82) is 0 Å². The van der Waals surface area contributed by atoms with Crippen molar-refractivity contribution in [2.24, 2.45) is 0 Å². The lowest BCUT2D eigenvalue weighted by atomic mass is 10.1. The molecule has 0 bridgehead atoms. The molecule has 0 aromatic carbocycles. The van der Waals surface area contributed by atoms with Crippen molar-refractivity contribution in [2.45, 2.75) is 117 Å². The molecule has 0 amide bonds. The van der Waals surface area contributed by atoms with Crippen LogP contribution in [0.3, 0.4) is 0 Å². The Kier molecular flexibility index (Phi) is 20.6. The monoisotopic (exact) mass is 458 g/mol. The van der Waals surface area contributed by atoms with Crippen molar-refractivity contribution in [3.05, 3.63) is 0 Å². The average Bonchev–Trinajstić information content (AvgIpc) is 2.76. The molecule has 186 valence electrons. The molecule has 0 heterocycles. The van der Waals surface area contributed by atoms with Crippen LogP contribution in [-0.4, -0.2) is 37.5 Å². The second kappa shape index (κ2) is 22.1. The van der Waals surface area contributed by atoms with E-state index in [0.717, 1.165) is 77.0 Å². The average molecular weight is 459 g/mol. The largest absolute Gasteiger partial charge is 0.428 e. The van der Waals surface area contributed by atoms with Gasteiger partial charge in [-0.25, -0.2) is 0 Å². The van der Waals surface area contributed by atoms with Gasteiger partial charge in [0.2, 0.25) is 13.6 Å². The number of esters is 4. The summed E-state index contributed by atoms with van der Waals surface area (Å²) in [6.45, 7) is 3.50. The Hall–Kier alpha value is -2.12. The van der Waals surface area contributed by atoms with E-state index in [0.29, 0.717) is 25.7 Å². The van der Waals surface area contributed by atoms with Crippen molar-refractivity contribution in [2.75, 3.05) is 13.6 Å². The van der Waals surface area contributed by atoms with Crippen LogP contribution in [-0.2, 0) is 38.1 Å². The number of carbonyl (C=O) groups excluding carboxylic acids is 4. The first-order chi connectivity index (χ1) is 15.5. The van der Waals surface area contributed by atoms with Gasteiger partial charge in [0.05, 0.1) is 0 Å². The SMILES string of the molecule is CCCCCC(=O)OCOC(=O)CCCCCCCCC(=O)OCOC(=O)CCCCC. The van der Waals surface area contributed by atoms with Crippen LogP contribution in [0.1, 0.15) is 117 Å². The highest BCUT2D eigenvalue weighted by atomic mass is 16.7. The standard InChI is InChI=1S/C24H42O8/c1-3-5-11-15-21(25)29-19-31-23(27)17-13-9-7-8-10-14-18-24(28)32-20-30-22(26)16-12-6-4-2/h3-20H2,1-2H3. The molecule has 0 unspecified atom stereocenters. The highest BCUT2D eigenvalue weighted by Crippen LogP contribution is 2.10. The third-order valence-electron chi connectivity index (χ3n) is 4.86. The molecule has 0 atom stereocenters. The van der Waals surface area contributed by atoms with Gasteiger partial charge in [-0.2, -0.15) is 0 Å². The fourth-order valence-corrected chi connectivity index (χ4v) is 2.89. The maximum atomic E-state index is 11.6. The van der Waals surface area contributed by atoms with Gasteiger partial charge < -0.3 is 18.9 Å². The molecule has 8 heteroatoms. The van der Waals surface area contributed by atoms with Crippen molar-refractivity contribution >= 4 is 23.9 Å². The van der Waals surface area contributed by atoms with Crippen LogP contribution in [0.5, 0.6) is 0 Å². The number of unbranched alkanes of at least 4 members (excludes halogenated alkanes) is 9. The Morgan fingerprint density at radius 3 is 0.938 bits per heavy atom. The number of carbonyl (C=O) groups is 4.